The van der Waals surface area contributed by atoms with Gasteiger partial charge in [-0.15, -0.1) is 0 Å². The minimum Gasteiger partial charge on any atom is -0.339 e. The van der Waals surface area contributed by atoms with Gasteiger partial charge in [0.1, 0.15) is 5.52 Å². The van der Waals surface area contributed by atoms with E-state index in [0.29, 0.717) is 24.3 Å². The van der Waals surface area contributed by atoms with E-state index in [1.165, 1.54) is 43.0 Å². The molecular formula is C17H28N4O2. The van der Waals surface area contributed by atoms with Crippen LogP contribution in [0.15, 0.2) is 15.9 Å². The second kappa shape index (κ2) is 8.70. The van der Waals surface area contributed by atoms with Gasteiger partial charge in [-0.25, -0.2) is 9.78 Å². The Morgan fingerprint density at radius 2 is 1.61 bits per heavy atom. The molecule has 0 aliphatic heterocycles. The van der Waals surface area contributed by atoms with Crippen molar-refractivity contribution in [3.63, 3.8) is 0 Å². The summed E-state index contributed by atoms with van der Waals surface area (Å²) in [6, 6.07) is 0. The van der Waals surface area contributed by atoms with Crippen molar-refractivity contribution in [1.82, 2.24) is 19.1 Å². The molecule has 0 fully saturated rings. The van der Waals surface area contributed by atoms with Crippen LogP contribution in [0.3, 0.4) is 0 Å². The number of aromatic nitrogens is 4. The minimum atomic E-state index is -0.249. The smallest absolute Gasteiger partial charge is 0.332 e. The number of aromatic amines is 1. The molecule has 0 aliphatic carbocycles. The molecule has 23 heavy (non-hydrogen) atoms. The van der Waals surface area contributed by atoms with Crippen molar-refractivity contribution in [2.45, 2.75) is 78.3 Å². The van der Waals surface area contributed by atoms with Crippen LogP contribution in [0.1, 0.15) is 65.2 Å². The molecule has 0 amide bonds. The third kappa shape index (κ3) is 4.12. The highest BCUT2D eigenvalue weighted by molar-refractivity contribution is 5.68. The quantitative estimate of drug-likeness (QED) is 0.684. The summed E-state index contributed by atoms with van der Waals surface area (Å²) < 4.78 is 2.97. The molecule has 6 heteroatoms. The number of aryl methyl sites for hydroxylation is 1. The van der Waals surface area contributed by atoms with Crippen LogP contribution < -0.4 is 11.2 Å². The lowest BCUT2D eigenvalue weighted by Gasteiger charge is -2.10. The average Bonchev–Trinajstić information content (AvgIpc) is 3.03. The third-order valence-electron chi connectivity index (χ3n) is 4.23. The summed E-state index contributed by atoms with van der Waals surface area (Å²) in [5.74, 6) is 0. The first-order chi connectivity index (χ1) is 11.2. The zero-order valence-electron chi connectivity index (χ0n) is 14.3. The standard InChI is InChI=1S/C17H28N4O2/c1-3-5-6-7-8-9-10-12-21-16(22)14-15(19-13-18-14)20(11-4-2)17(21)23/h13H,3-12H2,1-2H3,(H,18,19). The number of H-pyrrole nitrogens is 1. The molecule has 2 aromatic rings. The lowest BCUT2D eigenvalue weighted by molar-refractivity contribution is 0.510. The van der Waals surface area contributed by atoms with Crippen LogP contribution in [-0.4, -0.2) is 19.1 Å². The van der Waals surface area contributed by atoms with Crippen LogP contribution >= 0.6 is 0 Å². The Hall–Kier alpha value is -1.85. The Morgan fingerprint density at radius 1 is 0.913 bits per heavy atom. The van der Waals surface area contributed by atoms with Crippen LogP contribution in [0.4, 0.5) is 0 Å². The molecule has 6 nitrogen and oxygen atoms in total. The Kier molecular flexibility index (Phi) is 6.62. The van der Waals surface area contributed by atoms with Gasteiger partial charge in [0.15, 0.2) is 5.65 Å². The molecule has 0 unspecified atom stereocenters. The average molecular weight is 320 g/mol. The fourth-order valence-electron chi connectivity index (χ4n) is 2.96. The third-order valence-corrected chi connectivity index (χ3v) is 4.23. The summed E-state index contributed by atoms with van der Waals surface area (Å²) in [6.45, 7) is 5.29. The maximum Gasteiger partial charge on any atom is 0.332 e. The number of unbranched alkanes of at least 4 members (excludes halogenated alkanes) is 6. The summed E-state index contributed by atoms with van der Waals surface area (Å²) in [4.78, 5) is 32.0. The fourth-order valence-corrected chi connectivity index (χ4v) is 2.96. The van der Waals surface area contributed by atoms with Crippen LogP contribution in [0.25, 0.3) is 11.2 Å². The zero-order valence-corrected chi connectivity index (χ0v) is 14.3. The first kappa shape index (κ1) is 17.5. The lowest BCUT2D eigenvalue weighted by Crippen LogP contribution is -2.40. The van der Waals surface area contributed by atoms with Crippen LogP contribution in [-0.2, 0) is 13.1 Å². The molecule has 0 atom stereocenters. The monoisotopic (exact) mass is 320 g/mol. The molecule has 0 aliphatic rings. The van der Waals surface area contributed by atoms with E-state index in [1.54, 1.807) is 4.57 Å². The largest absolute Gasteiger partial charge is 0.339 e. The number of imidazole rings is 1. The molecule has 0 bridgehead atoms. The van der Waals surface area contributed by atoms with Crippen molar-refractivity contribution in [1.29, 1.82) is 0 Å². The molecule has 2 aromatic heterocycles. The predicted molar refractivity (Wildman–Crippen MR) is 92.9 cm³/mol. The molecule has 0 radical (unpaired) electrons. The van der Waals surface area contributed by atoms with E-state index in [-0.39, 0.29) is 11.2 Å². The number of nitrogens with zero attached hydrogens (tertiary/aromatic N) is 3. The van der Waals surface area contributed by atoms with E-state index in [0.717, 1.165) is 19.3 Å². The van der Waals surface area contributed by atoms with E-state index in [2.05, 4.69) is 16.9 Å². The molecular weight excluding hydrogens is 292 g/mol. The van der Waals surface area contributed by atoms with Crippen molar-refractivity contribution in [2.24, 2.45) is 0 Å². The topological polar surface area (TPSA) is 72.7 Å². The summed E-state index contributed by atoms with van der Waals surface area (Å²) in [6.07, 6.45) is 10.5. The molecule has 2 heterocycles. The number of fused-ring (bicyclic) bond motifs is 1. The molecule has 0 saturated carbocycles. The van der Waals surface area contributed by atoms with Gasteiger partial charge < -0.3 is 4.98 Å². The van der Waals surface area contributed by atoms with Gasteiger partial charge in [-0.05, 0) is 12.8 Å². The van der Waals surface area contributed by atoms with E-state index < -0.39 is 0 Å². The molecule has 0 spiro atoms. The van der Waals surface area contributed by atoms with E-state index >= 15 is 0 Å². The first-order valence-corrected chi connectivity index (χ1v) is 8.87. The normalized spacial score (nSPS) is 11.4. The molecule has 2 rings (SSSR count). The van der Waals surface area contributed by atoms with Gasteiger partial charge in [-0.3, -0.25) is 13.9 Å². The van der Waals surface area contributed by atoms with Crippen LogP contribution in [0.2, 0.25) is 0 Å². The van der Waals surface area contributed by atoms with Crippen LogP contribution in [0.5, 0.6) is 0 Å². The van der Waals surface area contributed by atoms with Crippen molar-refractivity contribution in [2.75, 3.05) is 0 Å². The van der Waals surface area contributed by atoms with Gasteiger partial charge in [0.25, 0.3) is 5.56 Å². The van der Waals surface area contributed by atoms with E-state index in [1.807, 2.05) is 6.92 Å². The minimum absolute atomic E-state index is 0.234. The highest BCUT2D eigenvalue weighted by Crippen LogP contribution is 2.08. The summed E-state index contributed by atoms with van der Waals surface area (Å²) in [5.41, 5.74) is 0.418. The second-order valence-electron chi connectivity index (χ2n) is 6.11. The van der Waals surface area contributed by atoms with Crippen molar-refractivity contribution >= 4 is 11.2 Å². The van der Waals surface area contributed by atoms with Gasteiger partial charge >= 0.3 is 5.69 Å². The van der Waals surface area contributed by atoms with E-state index in [4.69, 9.17) is 0 Å². The van der Waals surface area contributed by atoms with Gasteiger partial charge in [0.05, 0.1) is 6.33 Å². The Balaban J connectivity index is 2.08. The predicted octanol–water partition coefficient (Wildman–Crippen LogP) is 3.05. The van der Waals surface area contributed by atoms with Gasteiger partial charge in [0, 0.05) is 13.1 Å². The lowest BCUT2D eigenvalue weighted by atomic mass is 10.1. The molecule has 0 saturated heterocycles. The maximum absolute atomic E-state index is 12.6. The highest BCUT2D eigenvalue weighted by atomic mass is 16.2. The Labute approximate surface area is 136 Å². The molecule has 128 valence electrons. The molecule has 0 aromatic carbocycles. The van der Waals surface area contributed by atoms with Gasteiger partial charge in [-0.1, -0.05) is 52.4 Å². The maximum atomic E-state index is 12.6. The Bertz CT molecular complexity index is 726. The number of rotatable bonds is 10. The molecule has 1 N–H and O–H groups in total. The SMILES string of the molecule is CCCCCCCCCn1c(=O)c2[nH]cnc2n(CCC)c1=O. The number of hydrogen-bond acceptors (Lipinski definition) is 3. The van der Waals surface area contributed by atoms with Crippen molar-refractivity contribution in [3.8, 4) is 0 Å². The van der Waals surface area contributed by atoms with Gasteiger partial charge in [-0.2, -0.15) is 0 Å². The summed E-state index contributed by atoms with van der Waals surface area (Å²) in [5, 5.41) is 0. The van der Waals surface area contributed by atoms with Crippen molar-refractivity contribution < 1.29 is 0 Å². The fraction of sp³-hybridized carbons (Fsp3) is 0.706. The number of hydrogen-bond donors (Lipinski definition) is 1. The zero-order chi connectivity index (χ0) is 16.7. The second-order valence-corrected chi connectivity index (χ2v) is 6.11. The van der Waals surface area contributed by atoms with Gasteiger partial charge in [0.2, 0.25) is 0 Å². The summed E-state index contributed by atoms with van der Waals surface area (Å²) in [7, 11) is 0. The van der Waals surface area contributed by atoms with E-state index in [9.17, 15) is 9.59 Å². The first-order valence-electron chi connectivity index (χ1n) is 8.87. The number of nitrogens with one attached hydrogen (secondary N) is 1. The highest BCUT2D eigenvalue weighted by Gasteiger charge is 2.14. The Morgan fingerprint density at radius 3 is 2.30 bits per heavy atom. The van der Waals surface area contributed by atoms with Crippen LogP contribution in [0, 0.1) is 0 Å². The van der Waals surface area contributed by atoms with Crippen molar-refractivity contribution in [3.05, 3.63) is 27.2 Å². The summed E-state index contributed by atoms with van der Waals surface area (Å²) >= 11 is 0.